The number of hydrogen-bond donors (Lipinski definition) is 2. The Labute approximate surface area is 136 Å². The summed E-state index contributed by atoms with van der Waals surface area (Å²) in [7, 11) is 0. The normalized spacial score (nSPS) is 10.5. The van der Waals surface area contributed by atoms with Gasteiger partial charge in [-0.3, -0.25) is 9.59 Å². The highest BCUT2D eigenvalue weighted by Crippen LogP contribution is 2.19. The van der Waals surface area contributed by atoms with E-state index in [1.165, 1.54) is 0 Å². The second-order valence-corrected chi connectivity index (χ2v) is 5.92. The van der Waals surface area contributed by atoms with Crippen LogP contribution in [0.4, 0.5) is 11.4 Å². The van der Waals surface area contributed by atoms with Crippen LogP contribution in [-0.4, -0.2) is 11.8 Å². The second-order valence-electron chi connectivity index (χ2n) is 5.92. The molecule has 2 N–H and O–H groups in total. The predicted molar refractivity (Wildman–Crippen MR) is 93.8 cm³/mol. The second kappa shape index (κ2) is 7.09. The molecule has 0 aliphatic carbocycles. The van der Waals surface area contributed by atoms with Crippen molar-refractivity contribution in [3.8, 4) is 0 Å². The van der Waals surface area contributed by atoms with Crippen LogP contribution in [0, 0.1) is 19.8 Å². The topological polar surface area (TPSA) is 58.2 Å². The maximum Gasteiger partial charge on any atom is 0.255 e. The zero-order chi connectivity index (χ0) is 17.0. The molecule has 0 heterocycles. The Morgan fingerprint density at radius 1 is 0.913 bits per heavy atom. The van der Waals surface area contributed by atoms with E-state index in [0.717, 1.165) is 16.8 Å². The van der Waals surface area contributed by atoms with E-state index in [-0.39, 0.29) is 17.7 Å². The zero-order valence-electron chi connectivity index (χ0n) is 13.9. The molecule has 0 atom stereocenters. The number of carbonyl (C=O) groups is 2. The molecule has 0 aliphatic heterocycles. The molecule has 2 aromatic carbocycles. The van der Waals surface area contributed by atoms with E-state index in [9.17, 15) is 9.59 Å². The predicted octanol–water partition coefficient (Wildman–Crippen LogP) is 4.15. The highest BCUT2D eigenvalue weighted by atomic mass is 16.2. The lowest BCUT2D eigenvalue weighted by Crippen LogP contribution is -2.18. The molecular weight excluding hydrogens is 288 g/mol. The summed E-state index contributed by atoms with van der Waals surface area (Å²) in [5.74, 6) is -0.291. The van der Waals surface area contributed by atoms with E-state index in [0.29, 0.717) is 11.3 Å². The minimum absolute atomic E-state index is 0.0439. The number of carbonyl (C=O) groups excluding carboxylic acids is 2. The largest absolute Gasteiger partial charge is 0.326 e. The van der Waals surface area contributed by atoms with Gasteiger partial charge in [0, 0.05) is 22.9 Å². The highest BCUT2D eigenvalue weighted by molar-refractivity contribution is 6.05. The third kappa shape index (κ3) is 4.19. The van der Waals surface area contributed by atoms with Gasteiger partial charge in [0.15, 0.2) is 0 Å². The molecule has 2 rings (SSSR count). The Morgan fingerprint density at radius 3 is 2.17 bits per heavy atom. The number of aryl methyl sites for hydroxylation is 1. The molecule has 0 spiro atoms. The molecular formula is C19H22N2O2. The minimum atomic E-state index is -0.166. The monoisotopic (exact) mass is 310 g/mol. The Kier molecular flexibility index (Phi) is 5.16. The molecule has 0 aliphatic rings. The quantitative estimate of drug-likeness (QED) is 0.891. The van der Waals surface area contributed by atoms with Crippen molar-refractivity contribution >= 4 is 23.2 Å². The van der Waals surface area contributed by atoms with Crippen LogP contribution in [0.2, 0.25) is 0 Å². The molecule has 2 amide bonds. The molecule has 0 radical (unpaired) electrons. The third-order valence-electron chi connectivity index (χ3n) is 3.79. The molecule has 120 valence electrons. The molecule has 4 nitrogen and oxygen atoms in total. The van der Waals surface area contributed by atoms with Gasteiger partial charge < -0.3 is 10.6 Å². The van der Waals surface area contributed by atoms with Crippen LogP contribution in [0.1, 0.15) is 35.3 Å². The Balaban J connectivity index is 2.08. The average Bonchev–Trinajstić information content (AvgIpc) is 2.52. The summed E-state index contributed by atoms with van der Waals surface area (Å²) in [6.07, 6.45) is 0. The minimum Gasteiger partial charge on any atom is -0.326 e. The molecule has 0 saturated heterocycles. The Morgan fingerprint density at radius 2 is 1.57 bits per heavy atom. The van der Waals surface area contributed by atoms with Gasteiger partial charge in [-0.1, -0.05) is 26.0 Å². The summed E-state index contributed by atoms with van der Waals surface area (Å²) in [6, 6.07) is 12.7. The van der Waals surface area contributed by atoms with Crippen LogP contribution in [0.25, 0.3) is 0 Å². The van der Waals surface area contributed by atoms with Gasteiger partial charge in [-0.15, -0.1) is 0 Å². The maximum atomic E-state index is 12.3. The van der Waals surface area contributed by atoms with Gasteiger partial charge in [0.05, 0.1) is 0 Å². The van der Waals surface area contributed by atoms with Gasteiger partial charge in [-0.2, -0.15) is 0 Å². The standard InChI is InChI=1S/C19H22N2O2/c1-12(2)18(22)20-16-10-8-15(9-11-16)19(23)21-17-7-5-6-13(3)14(17)4/h5-12H,1-4H3,(H,20,22)(H,21,23). The van der Waals surface area contributed by atoms with Gasteiger partial charge in [-0.05, 0) is 55.3 Å². The van der Waals surface area contributed by atoms with Crippen LogP contribution >= 0.6 is 0 Å². The van der Waals surface area contributed by atoms with Crippen molar-refractivity contribution in [2.45, 2.75) is 27.7 Å². The molecule has 23 heavy (non-hydrogen) atoms. The van der Waals surface area contributed by atoms with E-state index in [4.69, 9.17) is 0 Å². The van der Waals surface area contributed by atoms with E-state index in [2.05, 4.69) is 10.6 Å². The first-order chi connectivity index (χ1) is 10.9. The molecule has 4 heteroatoms. The van der Waals surface area contributed by atoms with Gasteiger partial charge in [0.1, 0.15) is 0 Å². The molecule has 0 unspecified atom stereocenters. The molecule has 2 aromatic rings. The van der Waals surface area contributed by atoms with E-state index < -0.39 is 0 Å². The van der Waals surface area contributed by atoms with Crippen molar-refractivity contribution in [3.63, 3.8) is 0 Å². The lowest BCUT2D eigenvalue weighted by Gasteiger charge is -2.11. The van der Waals surface area contributed by atoms with Crippen LogP contribution in [0.5, 0.6) is 0 Å². The summed E-state index contributed by atoms with van der Waals surface area (Å²) < 4.78 is 0. The molecule has 0 bridgehead atoms. The lowest BCUT2D eigenvalue weighted by atomic mass is 10.1. The maximum absolute atomic E-state index is 12.3. The summed E-state index contributed by atoms with van der Waals surface area (Å²) in [5, 5.41) is 5.72. The molecule has 0 aromatic heterocycles. The number of anilines is 2. The first-order valence-corrected chi connectivity index (χ1v) is 7.67. The summed E-state index contributed by atoms with van der Waals surface area (Å²) >= 11 is 0. The van der Waals surface area contributed by atoms with E-state index >= 15 is 0 Å². The smallest absolute Gasteiger partial charge is 0.255 e. The fourth-order valence-corrected chi connectivity index (χ4v) is 2.07. The van der Waals surface area contributed by atoms with Crippen molar-refractivity contribution < 1.29 is 9.59 Å². The number of rotatable bonds is 4. The third-order valence-corrected chi connectivity index (χ3v) is 3.79. The van der Waals surface area contributed by atoms with Crippen LogP contribution < -0.4 is 10.6 Å². The molecule has 0 saturated carbocycles. The van der Waals surface area contributed by atoms with Crippen molar-refractivity contribution in [2.24, 2.45) is 5.92 Å². The summed E-state index contributed by atoms with van der Waals surface area (Å²) in [4.78, 5) is 24.0. The van der Waals surface area contributed by atoms with Gasteiger partial charge in [0.2, 0.25) is 5.91 Å². The van der Waals surface area contributed by atoms with E-state index in [1.54, 1.807) is 24.3 Å². The van der Waals surface area contributed by atoms with Crippen molar-refractivity contribution in [1.82, 2.24) is 0 Å². The fraction of sp³-hybridized carbons (Fsp3) is 0.263. The lowest BCUT2D eigenvalue weighted by molar-refractivity contribution is -0.118. The van der Waals surface area contributed by atoms with Crippen molar-refractivity contribution in [2.75, 3.05) is 10.6 Å². The highest BCUT2D eigenvalue weighted by Gasteiger charge is 2.10. The fourth-order valence-electron chi connectivity index (χ4n) is 2.07. The summed E-state index contributed by atoms with van der Waals surface area (Å²) in [5.41, 5.74) is 4.24. The molecule has 0 fully saturated rings. The van der Waals surface area contributed by atoms with Crippen LogP contribution in [0.3, 0.4) is 0 Å². The first kappa shape index (κ1) is 16.7. The zero-order valence-corrected chi connectivity index (χ0v) is 13.9. The number of hydrogen-bond acceptors (Lipinski definition) is 2. The van der Waals surface area contributed by atoms with E-state index in [1.807, 2.05) is 45.9 Å². The summed E-state index contributed by atoms with van der Waals surface area (Å²) in [6.45, 7) is 7.66. The van der Waals surface area contributed by atoms with Gasteiger partial charge in [-0.25, -0.2) is 0 Å². The number of amides is 2. The Hall–Kier alpha value is -2.62. The van der Waals surface area contributed by atoms with Gasteiger partial charge >= 0.3 is 0 Å². The number of nitrogens with one attached hydrogen (secondary N) is 2. The number of benzene rings is 2. The first-order valence-electron chi connectivity index (χ1n) is 7.67. The SMILES string of the molecule is Cc1cccc(NC(=O)c2ccc(NC(=O)C(C)C)cc2)c1C. The van der Waals surface area contributed by atoms with Crippen molar-refractivity contribution in [3.05, 3.63) is 59.2 Å². The van der Waals surface area contributed by atoms with Crippen LogP contribution in [0.15, 0.2) is 42.5 Å². The van der Waals surface area contributed by atoms with Crippen molar-refractivity contribution in [1.29, 1.82) is 0 Å². The average molecular weight is 310 g/mol. The Bertz CT molecular complexity index is 719. The van der Waals surface area contributed by atoms with Gasteiger partial charge in [0.25, 0.3) is 5.91 Å². The van der Waals surface area contributed by atoms with Crippen LogP contribution in [-0.2, 0) is 4.79 Å².